The highest BCUT2D eigenvalue weighted by Crippen LogP contribution is 2.41. The molecule has 3 rings (SSSR count). The molecule has 2 aromatic rings. The Hall–Kier alpha value is -1.82. The number of rotatable bonds is 3. The second-order valence-corrected chi connectivity index (χ2v) is 6.86. The molecule has 0 amide bonds. The molecule has 13 heteroatoms. The predicted molar refractivity (Wildman–Crippen MR) is 75.4 cm³/mol. The van der Waals surface area contributed by atoms with Gasteiger partial charge in [-0.05, 0) is 0 Å². The van der Waals surface area contributed by atoms with Crippen molar-refractivity contribution in [3.63, 3.8) is 0 Å². The molecule has 23 heavy (non-hydrogen) atoms. The average Bonchev–Trinajstić information content (AvgIpc) is 2.94. The van der Waals surface area contributed by atoms with E-state index in [2.05, 4.69) is 15.0 Å². The SMILES string of the molecule is Nc1nc2c(ncn2C2O[C@H](CP(=O)(O)O)[C@@H](O)[C@H]2O)c(=O)[nH]1. The summed E-state index contributed by atoms with van der Waals surface area (Å²) in [6.07, 6.45) is -5.12. The molecule has 2 aromatic heterocycles. The summed E-state index contributed by atoms with van der Waals surface area (Å²) >= 11 is 0. The minimum absolute atomic E-state index is 0.0133. The van der Waals surface area contributed by atoms with Gasteiger partial charge in [0.25, 0.3) is 5.56 Å². The lowest BCUT2D eigenvalue weighted by molar-refractivity contribution is -0.0299. The number of H-pyrrole nitrogens is 1. The van der Waals surface area contributed by atoms with E-state index in [0.29, 0.717) is 0 Å². The number of aliphatic hydroxyl groups excluding tert-OH is 2. The number of aromatic nitrogens is 4. The standard InChI is InChI=1S/C10H14N5O7P/c11-10-13-7-4(8(18)14-10)12-2-15(7)9-6(17)5(16)3(22-9)1-23(19,20)21/h2-3,5-6,9,16-17H,1H2,(H2,19,20,21)(H3,11,13,14,18)/t3-,5-,6-,9?/m1/s1. The van der Waals surface area contributed by atoms with Crippen LogP contribution in [0.2, 0.25) is 0 Å². The van der Waals surface area contributed by atoms with Gasteiger partial charge in [-0.3, -0.25) is 18.9 Å². The molecular formula is C10H14N5O7P. The van der Waals surface area contributed by atoms with Crippen LogP contribution < -0.4 is 11.3 Å². The van der Waals surface area contributed by atoms with Crippen molar-refractivity contribution in [3.8, 4) is 0 Å². The van der Waals surface area contributed by atoms with Crippen LogP contribution in [0.3, 0.4) is 0 Å². The second kappa shape index (κ2) is 5.37. The van der Waals surface area contributed by atoms with E-state index in [-0.39, 0.29) is 17.1 Å². The van der Waals surface area contributed by atoms with Crippen molar-refractivity contribution >= 4 is 24.7 Å². The number of fused-ring (bicyclic) bond motifs is 1. The number of aromatic amines is 1. The highest BCUT2D eigenvalue weighted by molar-refractivity contribution is 7.51. The van der Waals surface area contributed by atoms with Crippen LogP contribution >= 0.6 is 7.60 Å². The summed E-state index contributed by atoms with van der Waals surface area (Å²) in [6.45, 7) is 0. The summed E-state index contributed by atoms with van der Waals surface area (Å²) in [5.74, 6) is -0.177. The van der Waals surface area contributed by atoms with Crippen LogP contribution in [-0.2, 0) is 9.30 Å². The fourth-order valence-electron chi connectivity index (χ4n) is 2.47. The molecule has 12 nitrogen and oxygen atoms in total. The first-order valence-corrected chi connectivity index (χ1v) is 8.25. The Bertz CT molecular complexity index is 844. The molecule has 7 N–H and O–H groups in total. The van der Waals surface area contributed by atoms with Gasteiger partial charge in [-0.1, -0.05) is 0 Å². The third-order valence-corrected chi connectivity index (χ3v) is 4.32. The van der Waals surface area contributed by atoms with Crippen LogP contribution in [-0.4, -0.2) is 64.0 Å². The van der Waals surface area contributed by atoms with Gasteiger partial charge >= 0.3 is 7.60 Å². The summed E-state index contributed by atoms with van der Waals surface area (Å²) < 4.78 is 17.6. The molecule has 0 saturated carbocycles. The van der Waals surface area contributed by atoms with E-state index >= 15 is 0 Å². The second-order valence-electron chi connectivity index (χ2n) is 5.17. The minimum atomic E-state index is -4.46. The van der Waals surface area contributed by atoms with Crippen LogP contribution in [0.25, 0.3) is 11.2 Å². The quantitative estimate of drug-likeness (QED) is 0.323. The number of nitrogen functional groups attached to an aromatic ring is 1. The smallest absolute Gasteiger partial charge is 0.328 e. The van der Waals surface area contributed by atoms with Gasteiger partial charge in [0, 0.05) is 0 Å². The maximum Gasteiger partial charge on any atom is 0.328 e. The van der Waals surface area contributed by atoms with E-state index in [1.54, 1.807) is 0 Å². The van der Waals surface area contributed by atoms with Gasteiger partial charge in [0.1, 0.15) is 18.3 Å². The number of hydrogen-bond donors (Lipinski definition) is 6. The lowest BCUT2D eigenvalue weighted by atomic mass is 10.1. The summed E-state index contributed by atoms with van der Waals surface area (Å²) in [4.78, 5) is 39.7. The zero-order valence-electron chi connectivity index (χ0n) is 11.5. The van der Waals surface area contributed by atoms with Gasteiger partial charge < -0.3 is 30.5 Å². The van der Waals surface area contributed by atoms with E-state index in [0.717, 1.165) is 6.33 Å². The normalized spacial score (nSPS) is 28.5. The number of imidazole rings is 1. The lowest BCUT2D eigenvalue weighted by Crippen LogP contribution is -2.33. The van der Waals surface area contributed by atoms with Gasteiger partial charge in [-0.2, -0.15) is 4.98 Å². The number of ether oxygens (including phenoxy) is 1. The number of nitrogens with two attached hydrogens (primary N) is 1. The van der Waals surface area contributed by atoms with E-state index < -0.39 is 43.9 Å². The van der Waals surface area contributed by atoms with Crippen molar-refractivity contribution < 1.29 is 29.3 Å². The number of anilines is 1. The summed E-state index contributed by atoms with van der Waals surface area (Å²) in [5, 5.41) is 20.0. The highest BCUT2D eigenvalue weighted by Gasteiger charge is 2.46. The molecule has 0 radical (unpaired) electrons. The van der Waals surface area contributed by atoms with E-state index in [1.165, 1.54) is 4.57 Å². The Balaban J connectivity index is 1.99. The first-order valence-electron chi connectivity index (χ1n) is 6.46. The molecule has 126 valence electrons. The Kier molecular flexibility index (Phi) is 3.75. The first-order chi connectivity index (χ1) is 10.7. The maximum absolute atomic E-state index is 11.7. The number of hydrogen-bond acceptors (Lipinski definition) is 8. The molecule has 0 aliphatic carbocycles. The van der Waals surface area contributed by atoms with Crippen LogP contribution in [0.4, 0.5) is 5.95 Å². The first kappa shape index (κ1) is 16.1. The molecule has 0 aromatic carbocycles. The van der Waals surface area contributed by atoms with E-state index in [4.69, 9.17) is 20.3 Å². The van der Waals surface area contributed by atoms with Crippen molar-refractivity contribution in [1.29, 1.82) is 0 Å². The van der Waals surface area contributed by atoms with E-state index in [9.17, 15) is 19.6 Å². The predicted octanol–water partition coefficient (Wildman–Crippen LogP) is -2.50. The molecule has 4 atom stereocenters. The number of aliphatic hydroxyl groups is 2. The van der Waals surface area contributed by atoms with Crippen molar-refractivity contribution in [2.75, 3.05) is 11.9 Å². The number of nitrogens with zero attached hydrogens (tertiary/aromatic N) is 3. The molecule has 1 unspecified atom stereocenters. The number of nitrogens with one attached hydrogen (secondary N) is 1. The van der Waals surface area contributed by atoms with Gasteiger partial charge in [0.2, 0.25) is 5.95 Å². The Morgan fingerprint density at radius 3 is 2.74 bits per heavy atom. The topological polar surface area (TPSA) is 197 Å². The van der Waals surface area contributed by atoms with Crippen molar-refractivity contribution in [2.24, 2.45) is 0 Å². The molecule has 3 heterocycles. The van der Waals surface area contributed by atoms with Crippen molar-refractivity contribution in [2.45, 2.75) is 24.5 Å². The van der Waals surface area contributed by atoms with Crippen LogP contribution in [0, 0.1) is 0 Å². The molecular weight excluding hydrogens is 333 g/mol. The van der Waals surface area contributed by atoms with Crippen molar-refractivity contribution in [3.05, 3.63) is 16.7 Å². The largest absolute Gasteiger partial charge is 0.387 e. The van der Waals surface area contributed by atoms with Gasteiger partial charge in [-0.25, -0.2) is 4.98 Å². The molecule has 0 bridgehead atoms. The molecule has 0 spiro atoms. The lowest BCUT2D eigenvalue weighted by Gasteiger charge is -2.16. The average molecular weight is 347 g/mol. The monoisotopic (exact) mass is 347 g/mol. The summed E-state index contributed by atoms with van der Waals surface area (Å²) in [7, 11) is -4.46. The van der Waals surface area contributed by atoms with E-state index in [1.807, 2.05) is 0 Å². The van der Waals surface area contributed by atoms with Gasteiger partial charge in [-0.15, -0.1) is 0 Å². The minimum Gasteiger partial charge on any atom is -0.387 e. The molecule has 1 fully saturated rings. The molecule has 1 saturated heterocycles. The summed E-state index contributed by atoms with van der Waals surface area (Å²) in [5.41, 5.74) is 4.83. The van der Waals surface area contributed by atoms with Gasteiger partial charge in [0.15, 0.2) is 17.4 Å². The van der Waals surface area contributed by atoms with Crippen molar-refractivity contribution in [1.82, 2.24) is 19.5 Å². The third kappa shape index (κ3) is 2.87. The highest BCUT2D eigenvalue weighted by atomic mass is 31.2. The zero-order valence-corrected chi connectivity index (χ0v) is 12.4. The van der Waals surface area contributed by atoms with Gasteiger partial charge in [0.05, 0.1) is 12.5 Å². The van der Waals surface area contributed by atoms with Crippen LogP contribution in [0.1, 0.15) is 6.23 Å². The van der Waals surface area contributed by atoms with Crippen LogP contribution in [0.5, 0.6) is 0 Å². The van der Waals surface area contributed by atoms with Crippen LogP contribution in [0.15, 0.2) is 11.1 Å². The fraction of sp³-hybridized carbons (Fsp3) is 0.500. The Morgan fingerprint density at radius 1 is 1.39 bits per heavy atom. The third-order valence-electron chi connectivity index (χ3n) is 3.48. The zero-order chi connectivity index (χ0) is 16.9. The molecule has 1 aliphatic heterocycles. The Labute approximate surface area is 127 Å². The Morgan fingerprint density at radius 2 is 2.09 bits per heavy atom. The summed E-state index contributed by atoms with van der Waals surface area (Å²) in [6, 6.07) is 0. The maximum atomic E-state index is 11.7. The fourth-order valence-corrected chi connectivity index (χ4v) is 3.24. The molecule has 1 aliphatic rings.